The largest absolute Gasteiger partial charge is 0.366 e. The molecule has 0 radical (unpaired) electrons. The summed E-state index contributed by atoms with van der Waals surface area (Å²) < 4.78 is 0. The van der Waals surface area contributed by atoms with Crippen molar-refractivity contribution in [2.24, 2.45) is 5.92 Å². The van der Waals surface area contributed by atoms with Gasteiger partial charge in [0.1, 0.15) is 11.5 Å². The molecular formula is C18H19ClN4O3. The Morgan fingerprint density at radius 3 is 2.65 bits per heavy atom. The fourth-order valence-electron chi connectivity index (χ4n) is 2.97. The Bertz CT molecular complexity index is 818. The Balaban J connectivity index is 1.82. The first kappa shape index (κ1) is 18.1. The van der Waals surface area contributed by atoms with Crippen LogP contribution in [0.25, 0.3) is 0 Å². The van der Waals surface area contributed by atoms with E-state index in [2.05, 4.69) is 17.2 Å². The number of nitrogens with zero attached hydrogens (tertiary/aromatic N) is 3. The molecule has 0 saturated carbocycles. The molecule has 0 unspecified atom stereocenters. The van der Waals surface area contributed by atoms with Crippen LogP contribution in [0.1, 0.15) is 30.1 Å². The number of halogens is 1. The highest BCUT2D eigenvalue weighted by Crippen LogP contribution is 2.32. The van der Waals surface area contributed by atoms with Crippen molar-refractivity contribution in [3.8, 4) is 0 Å². The van der Waals surface area contributed by atoms with E-state index in [-0.39, 0.29) is 11.3 Å². The molecule has 26 heavy (non-hydrogen) atoms. The summed E-state index contributed by atoms with van der Waals surface area (Å²) in [5.41, 5.74) is 0.710. The third-order valence-electron chi connectivity index (χ3n) is 4.53. The van der Waals surface area contributed by atoms with Gasteiger partial charge in [0.2, 0.25) is 0 Å². The average Bonchev–Trinajstić information content (AvgIpc) is 2.63. The molecule has 1 fully saturated rings. The SMILES string of the molecule is CC1CCN(c2ccc(C(=O)Nc3ccc(Cl)cn3)cc2[N+](=O)[O-])CC1. The van der Waals surface area contributed by atoms with E-state index in [9.17, 15) is 14.9 Å². The van der Waals surface area contributed by atoms with Crippen LogP contribution in [0.5, 0.6) is 0 Å². The Morgan fingerprint density at radius 1 is 1.31 bits per heavy atom. The second-order valence-corrected chi connectivity index (χ2v) is 6.88. The average molecular weight is 375 g/mol. The van der Waals surface area contributed by atoms with Gasteiger partial charge in [0.05, 0.1) is 9.95 Å². The lowest BCUT2D eigenvalue weighted by Gasteiger charge is -2.31. The smallest absolute Gasteiger partial charge is 0.293 e. The number of nitrogens with one attached hydrogen (secondary N) is 1. The van der Waals surface area contributed by atoms with Gasteiger partial charge in [-0.1, -0.05) is 18.5 Å². The fourth-order valence-corrected chi connectivity index (χ4v) is 3.08. The van der Waals surface area contributed by atoms with E-state index in [4.69, 9.17) is 11.6 Å². The molecule has 136 valence electrons. The van der Waals surface area contributed by atoms with Crippen LogP contribution in [-0.2, 0) is 0 Å². The minimum atomic E-state index is -0.457. The van der Waals surface area contributed by atoms with E-state index in [0.717, 1.165) is 25.9 Å². The summed E-state index contributed by atoms with van der Waals surface area (Å²) in [5, 5.41) is 14.6. The standard InChI is InChI=1S/C18H19ClN4O3/c1-12-6-8-22(9-7-12)15-4-2-13(10-16(15)23(25)26)18(24)21-17-5-3-14(19)11-20-17/h2-5,10-12H,6-9H2,1H3,(H,20,21,24). The topological polar surface area (TPSA) is 88.4 Å². The first-order valence-corrected chi connectivity index (χ1v) is 8.78. The fraction of sp³-hybridized carbons (Fsp3) is 0.333. The summed E-state index contributed by atoms with van der Waals surface area (Å²) in [6, 6.07) is 7.74. The Hall–Kier alpha value is -2.67. The van der Waals surface area contributed by atoms with Gasteiger partial charge in [-0.3, -0.25) is 14.9 Å². The molecule has 1 amide bonds. The van der Waals surface area contributed by atoms with E-state index >= 15 is 0 Å². The summed E-state index contributed by atoms with van der Waals surface area (Å²) in [5.74, 6) is 0.500. The summed E-state index contributed by atoms with van der Waals surface area (Å²) in [6.07, 6.45) is 3.42. The first-order valence-electron chi connectivity index (χ1n) is 8.40. The second-order valence-electron chi connectivity index (χ2n) is 6.45. The van der Waals surface area contributed by atoms with Crippen LogP contribution in [0.4, 0.5) is 17.2 Å². The van der Waals surface area contributed by atoms with E-state index in [0.29, 0.717) is 22.4 Å². The number of hydrogen-bond acceptors (Lipinski definition) is 5. The van der Waals surface area contributed by atoms with Gasteiger partial charge in [-0.2, -0.15) is 0 Å². The summed E-state index contributed by atoms with van der Waals surface area (Å²) in [6.45, 7) is 3.74. The van der Waals surface area contributed by atoms with Crippen LogP contribution in [0.2, 0.25) is 5.02 Å². The molecule has 3 rings (SSSR count). The molecule has 0 aliphatic carbocycles. The lowest BCUT2D eigenvalue weighted by molar-refractivity contribution is -0.384. The maximum Gasteiger partial charge on any atom is 0.293 e. The van der Waals surface area contributed by atoms with Crippen molar-refractivity contribution >= 4 is 34.7 Å². The monoisotopic (exact) mass is 374 g/mol. The number of aromatic nitrogens is 1. The number of carbonyl (C=O) groups excluding carboxylic acids is 1. The number of pyridine rings is 1. The van der Waals surface area contributed by atoms with Crippen LogP contribution in [0.15, 0.2) is 36.5 Å². The van der Waals surface area contributed by atoms with Crippen molar-refractivity contribution in [1.29, 1.82) is 0 Å². The molecule has 1 aliphatic heterocycles. The molecule has 2 heterocycles. The van der Waals surface area contributed by atoms with Crippen molar-refractivity contribution in [1.82, 2.24) is 4.98 Å². The molecule has 1 aromatic carbocycles. The molecule has 0 spiro atoms. The highest BCUT2D eigenvalue weighted by atomic mass is 35.5. The minimum Gasteiger partial charge on any atom is -0.366 e. The molecular weight excluding hydrogens is 356 g/mol. The predicted molar refractivity (Wildman–Crippen MR) is 101 cm³/mol. The highest BCUT2D eigenvalue weighted by Gasteiger charge is 2.24. The number of hydrogen-bond donors (Lipinski definition) is 1. The van der Waals surface area contributed by atoms with Gasteiger partial charge in [0.25, 0.3) is 11.6 Å². The van der Waals surface area contributed by atoms with Crippen LogP contribution >= 0.6 is 11.6 Å². The van der Waals surface area contributed by atoms with Crippen molar-refractivity contribution in [3.63, 3.8) is 0 Å². The van der Waals surface area contributed by atoms with Gasteiger partial charge < -0.3 is 10.2 Å². The van der Waals surface area contributed by atoms with Crippen molar-refractivity contribution in [2.45, 2.75) is 19.8 Å². The van der Waals surface area contributed by atoms with Gasteiger partial charge in [-0.15, -0.1) is 0 Å². The maximum absolute atomic E-state index is 12.4. The Morgan fingerprint density at radius 2 is 2.04 bits per heavy atom. The molecule has 0 atom stereocenters. The Kier molecular flexibility index (Phi) is 5.37. The third-order valence-corrected chi connectivity index (χ3v) is 4.75. The first-order chi connectivity index (χ1) is 12.4. The van der Waals surface area contributed by atoms with Gasteiger partial charge >= 0.3 is 0 Å². The number of nitro benzene ring substituents is 1. The number of anilines is 2. The van der Waals surface area contributed by atoms with Crippen LogP contribution in [0, 0.1) is 16.0 Å². The van der Waals surface area contributed by atoms with E-state index < -0.39 is 10.8 Å². The molecule has 0 bridgehead atoms. The number of piperidine rings is 1. The molecule has 7 nitrogen and oxygen atoms in total. The van der Waals surface area contributed by atoms with Gasteiger partial charge in [-0.05, 0) is 43.0 Å². The quantitative estimate of drug-likeness (QED) is 0.642. The maximum atomic E-state index is 12.4. The second kappa shape index (κ2) is 7.70. The zero-order valence-corrected chi connectivity index (χ0v) is 15.1. The van der Waals surface area contributed by atoms with E-state index in [1.54, 1.807) is 24.3 Å². The predicted octanol–water partition coefficient (Wildman–Crippen LogP) is 4.13. The highest BCUT2D eigenvalue weighted by molar-refractivity contribution is 6.30. The van der Waals surface area contributed by atoms with Gasteiger partial charge in [0.15, 0.2) is 0 Å². The third kappa shape index (κ3) is 4.11. The zero-order chi connectivity index (χ0) is 18.7. The van der Waals surface area contributed by atoms with Crippen LogP contribution in [-0.4, -0.2) is 28.9 Å². The summed E-state index contributed by atoms with van der Waals surface area (Å²) >= 11 is 5.77. The van der Waals surface area contributed by atoms with Crippen molar-refractivity contribution in [3.05, 3.63) is 57.2 Å². The number of carbonyl (C=O) groups is 1. The van der Waals surface area contributed by atoms with Gasteiger partial charge in [0, 0.05) is 30.9 Å². The minimum absolute atomic E-state index is 0.0590. The zero-order valence-electron chi connectivity index (χ0n) is 14.3. The van der Waals surface area contributed by atoms with Crippen LogP contribution < -0.4 is 10.2 Å². The molecule has 8 heteroatoms. The number of nitro groups is 1. The molecule has 2 aromatic rings. The Labute approximate surface area is 156 Å². The number of rotatable bonds is 4. The number of amides is 1. The molecule has 1 saturated heterocycles. The lowest BCUT2D eigenvalue weighted by atomic mass is 9.98. The molecule has 1 aliphatic rings. The number of benzene rings is 1. The normalized spacial score (nSPS) is 14.9. The molecule has 1 N–H and O–H groups in total. The summed E-state index contributed by atoms with van der Waals surface area (Å²) in [4.78, 5) is 29.5. The summed E-state index contributed by atoms with van der Waals surface area (Å²) in [7, 11) is 0. The van der Waals surface area contributed by atoms with Gasteiger partial charge in [-0.25, -0.2) is 4.98 Å². The van der Waals surface area contributed by atoms with Crippen molar-refractivity contribution in [2.75, 3.05) is 23.3 Å². The molecule has 1 aromatic heterocycles. The van der Waals surface area contributed by atoms with E-state index in [1.165, 1.54) is 12.3 Å². The van der Waals surface area contributed by atoms with Crippen LogP contribution in [0.3, 0.4) is 0 Å². The lowest BCUT2D eigenvalue weighted by Crippen LogP contribution is -2.33. The van der Waals surface area contributed by atoms with E-state index in [1.807, 2.05) is 4.90 Å². The van der Waals surface area contributed by atoms with Crippen molar-refractivity contribution < 1.29 is 9.72 Å².